The third-order valence-corrected chi connectivity index (χ3v) is 12.3. The molecular weight excluding hydrogens is 843 g/mol. The minimum atomic E-state index is -1.66. The van der Waals surface area contributed by atoms with E-state index in [1.54, 1.807) is 64.1 Å². The summed E-state index contributed by atoms with van der Waals surface area (Å²) >= 11 is 0. The van der Waals surface area contributed by atoms with Crippen molar-refractivity contribution in [3.63, 3.8) is 0 Å². The van der Waals surface area contributed by atoms with Gasteiger partial charge < -0.3 is 56.9 Å². The van der Waals surface area contributed by atoms with Gasteiger partial charge in [0, 0.05) is 37.4 Å². The molecule has 6 rings (SSSR count). The van der Waals surface area contributed by atoms with Crippen LogP contribution < -0.4 is 37.2 Å². The van der Waals surface area contributed by atoms with Gasteiger partial charge in [0.1, 0.15) is 42.0 Å². The lowest BCUT2D eigenvalue weighted by Gasteiger charge is -2.30. The topological polar surface area (TPSA) is 286 Å². The third kappa shape index (κ3) is 11.2. The molecule has 1 aromatic heterocycles. The van der Waals surface area contributed by atoms with E-state index in [-0.39, 0.29) is 50.3 Å². The van der Waals surface area contributed by atoms with E-state index in [1.165, 1.54) is 27.8 Å². The Hall–Kier alpha value is -6.99. The molecule has 0 spiro atoms. The zero-order chi connectivity index (χ0) is 47.1. The Morgan fingerprint density at radius 1 is 0.831 bits per heavy atom. The fraction of sp³-hybridized carbons (Fsp3) is 0.489. The highest BCUT2D eigenvalue weighted by molar-refractivity contribution is 5.99. The third-order valence-electron chi connectivity index (χ3n) is 12.3. The lowest BCUT2D eigenvalue weighted by molar-refractivity contribution is -0.142. The van der Waals surface area contributed by atoms with E-state index in [1.807, 2.05) is 0 Å². The Labute approximate surface area is 375 Å². The quantitative estimate of drug-likeness (QED) is 0.122. The number of carbonyl (C=O) groups excluding carboxylic acids is 8. The van der Waals surface area contributed by atoms with Crippen molar-refractivity contribution >= 4 is 64.1 Å². The second kappa shape index (κ2) is 20.7. The molecule has 0 saturated carbocycles. The zero-order valence-corrected chi connectivity index (χ0v) is 36.7. The molecular formula is C45H57N9O11. The standard InChI is InChI=1S/C45H57N9O11/c1-5-24(4)37-42(61)49-31(45(64)65)20-26-22-54(32-10-7-6-9-28(26)32)38(43(62)51-36(23(2)3)41(60)46-21-35(57)50-37)52-39(58)30(19-25-12-14-27(55)15-13-25)48-40(59)33-11-8-18-53(33)44(63)29-16-17-34(56)47-29/h6-7,9-10,12-15,22-24,29-31,33,36-38,55H,5,8,11,16-21H2,1-4H3,(H,46,60)(H,47,56)(H,48,59)(H,49,61)(H,50,57)(H,51,62)(H,52,58)(H,64,65)/t24?,29-,30-,31-,33-,36-,37-,38?/m0/s1. The number of phenols is 1. The molecule has 348 valence electrons. The monoisotopic (exact) mass is 899 g/mol. The molecule has 2 bridgehead atoms. The highest BCUT2D eigenvalue weighted by Crippen LogP contribution is 2.27. The Kier molecular flexibility index (Phi) is 15.1. The maximum atomic E-state index is 14.7. The van der Waals surface area contributed by atoms with Crippen molar-refractivity contribution in [3.05, 3.63) is 65.9 Å². The van der Waals surface area contributed by atoms with Gasteiger partial charge in [-0.3, -0.25) is 38.4 Å². The number of phenolic OH excluding ortho intramolecular Hbond substituents is 1. The van der Waals surface area contributed by atoms with E-state index in [4.69, 9.17) is 0 Å². The van der Waals surface area contributed by atoms with Crippen molar-refractivity contribution in [1.29, 1.82) is 0 Å². The molecule has 8 amide bonds. The van der Waals surface area contributed by atoms with Gasteiger partial charge in [-0.05, 0) is 60.4 Å². The SMILES string of the molecule is CCC(C)[C@@H]1NC(=O)CNC(=O)[C@H](C(C)C)NC(=O)C(NC(=O)[C@H](Cc2ccc(O)cc2)NC(=O)[C@@H]2CCCN2C(=O)[C@@H]2CCC(=O)N2)n2cc(c3ccccc32)C[C@@H](C(=O)O)NC1=O. The summed E-state index contributed by atoms with van der Waals surface area (Å²) in [6, 6.07) is 5.56. The molecule has 0 radical (unpaired) electrons. The number of hydrogen-bond acceptors (Lipinski definition) is 10. The van der Waals surface area contributed by atoms with Crippen LogP contribution in [0.2, 0.25) is 0 Å². The highest BCUT2D eigenvalue weighted by atomic mass is 16.4. The van der Waals surface area contributed by atoms with Crippen molar-refractivity contribution in [2.24, 2.45) is 11.8 Å². The van der Waals surface area contributed by atoms with Gasteiger partial charge in [0.25, 0.3) is 5.91 Å². The summed E-state index contributed by atoms with van der Waals surface area (Å²) in [5.74, 6) is -7.68. The van der Waals surface area contributed by atoms with Crippen LogP contribution in [0.25, 0.3) is 10.9 Å². The Bertz CT molecular complexity index is 2330. The van der Waals surface area contributed by atoms with Crippen molar-refractivity contribution in [2.45, 2.75) is 115 Å². The second-order valence-corrected chi connectivity index (χ2v) is 17.3. The van der Waals surface area contributed by atoms with E-state index in [9.17, 15) is 53.4 Å². The van der Waals surface area contributed by atoms with Crippen molar-refractivity contribution in [2.75, 3.05) is 13.1 Å². The summed E-state index contributed by atoms with van der Waals surface area (Å²) in [5.41, 5.74) is 1.25. The molecule has 3 aromatic rings. The summed E-state index contributed by atoms with van der Waals surface area (Å²) in [7, 11) is 0. The van der Waals surface area contributed by atoms with Crippen LogP contribution >= 0.6 is 0 Å². The van der Waals surface area contributed by atoms with E-state index < -0.39 is 108 Å². The molecule has 9 N–H and O–H groups in total. The number of carboxylic acids is 1. The molecule has 2 saturated heterocycles. The van der Waals surface area contributed by atoms with Crippen molar-refractivity contribution in [3.8, 4) is 5.75 Å². The van der Waals surface area contributed by atoms with Crippen LogP contribution in [0.4, 0.5) is 0 Å². The van der Waals surface area contributed by atoms with E-state index in [0.29, 0.717) is 34.9 Å². The second-order valence-electron chi connectivity index (χ2n) is 17.3. The predicted octanol–water partition coefficient (Wildman–Crippen LogP) is -0.128. The lowest BCUT2D eigenvalue weighted by Crippen LogP contribution is -2.58. The number of carbonyl (C=O) groups is 9. The summed E-state index contributed by atoms with van der Waals surface area (Å²) in [5, 5.41) is 39.4. The van der Waals surface area contributed by atoms with Crippen LogP contribution in [0.1, 0.15) is 77.1 Å². The number of rotatable bonds is 11. The molecule has 65 heavy (non-hydrogen) atoms. The molecule has 2 unspecified atom stereocenters. The van der Waals surface area contributed by atoms with E-state index in [2.05, 4.69) is 37.2 Å². The maximum absolute atomic E-state index is 14.7. The number of hydrogen-bond donors (Lipinski definition) is 9. The summed E-state index contributed by atoms with van der Waals surface area (Å²) in [4.78, 5) is 124. The molecule has 20 heteroatoms. The Morgan fingerprint density at radius 2 is 1.55 bits per heavy atom. The van der Waals surface area contributed by atoms with Crippen LogP contribution in [-0.2, 0) is 56.0 Å². The first kappa shape index (κ1) is 47.5. The number of para-hydroxylation sites is 1. The Morgan fingerprint density at radius 3 is 2.22 bits per heavy atom. The van der Waals surface area contributed by atoms with Gasteiger partial charge in [0.2, 0.25) is 41.4 Å². The number of fused-ring (bicyclic) bond motifs is 5. The number of aromatic nitrogens is 1. The number of likely N-dealkylation sites (tertiary alicyclic amines) is 1. The number of nitrogens with one attached hydrogen (secondary N) is 7. The molecule has 4 heterocycles. The number of nitrogens with zero attached hydrogens (tertiary/aromatic N) is 2. The van der Waals surface area contributed by atoms with E-state index in [0.717, 1.165) is 0 Å². The van der Waals surface area contributed by atoms with Gasteiger partial charge in [-0.1, -0.05) is 64.4 Å². The largest absolute Gasteiger partial charge is 0.508 e. The normalized spacial score (nSPS) is 24.2. The number of aliphatic carboxylic acids is 1. The summed E-state index contributed by atoms with van der Waals surface area (Å²) < 4.78 is 1.41. The van der Waals surface area contributed by atoms with Crippen LogP contribution in [-0.4, -0.2) is 122 Å². The number of amides is 8. The van der Waals surface area contributed by atoms with Gasteiger partial charge >= 0.3 is 5.97 Å². The maximum Gasteiger partial charge on any atom is 0.326 e. The summed E-state index contributed by atoms with van der Waals surface area (Å²) in [6.45, 7) is 6.53. The van der Waals surface area contributed by atoms with Crippen LogP contribution in [0.5, 0.6) is 5.75 Å². The average molecular weight is 900 g/mol. The smallest absolute Gasteiger partial charge is 0.326 e. The molecule has 2 aromatic carbocycles. The van der Waals surface area contributed by atoms with Gasteiger partial charge in [0.05, 0.1) is 12.1 Å². The van der Waals surface area contributed by atoms with Gasteiger partial charge in [-0.2, -0.15) is 0 Å². The first-order valence-corrected chi connectivity index (χ1v) is 21.9. The molecule has 8 atom stereocenters. The first-order valence-electron chi connectivity index (χ1n) is 21.9. The number of carboxylic acid groups (broad SMARTS) is 1. The van der Waals surface area contributed by atoms with Crippen LogP contribution in [0, 0.1) is 11.8 Å². The van der Waals surface area contributed by atoms with Gasteiger partial charge in [-0.25, -0.2) is 4.79 Å². The van der Waals surface area contributed by atoms with Gasteiger partial charge in [0.15, 0.2) is 6.17 Å². The van der Waals surface area contributed by atoms with Gasteiger partial charge in [-0.15, -0.1) is 0 Å². The molecule has 3 aliphatic rings. The Balaban J connectivity index is 1.39. The fourth-order valence-electron chi connectivity index (χ4n) is 8.45. The van der Waals surface area contributed by atoms with E-state index >= 15 is 0 Å². The molecule has 20 nitrogen and oxygen atoms in total. The van der Waals surface area contributed by atoms with Crippen LogP contribution in [0.3, 0.4) is 0 Å². The number of benzene rings is 2. The highest BCUT2D eigenvalue weighted by Gasteiger charge is 2.41. The van der Waals surface area contributed by atoms with Crippen molar-refractivity contribution < 1.29 is 53.4 Å². The summed E-state index contributed by atoms with van der Waals surface area (Å²) in [6.07, 6.45) is 1.08. The molecule has 3 aliphatic heterocycles. The fourth-order valence-corrected chi connectivity index (χ4v) is 8.45. The molecule has 2 fully saturated rings. The zero-order valence-electron chi connectivity index (χ0n) is 36.7. The number of aromatic hydroxyl groups is 1. The van der Waals surface area contributed by atoms with Crippen LogP contribution in [0.15, 0.2) is 54.7 Å². The van der Waals surface area contributed by atoms with Crippen molar-refractivity contribution in [1.82, 2.24) is 46.7 Å². The minimum Gasteiger partial charge on any atom is -0.508 e. The minimum absolute atomic E-state index is 0.0454. The molecule has 0 aliphatic carbocycles. The predicted molar refractivity (Wildman–Crippen MR) is 233 cm³/mol. The average Bonchev–Trinajstić information content (AvgIpc) is 4.04. The first-order chi connectivity index (χ1) is 30.9. The lowest BCUT2D eigenvalue weighted by atomic mass is 9.97.